The zero-order valence-corrected chi connectivity index (χ0v) is 13.0. The van der Waals surface area contributed by atoms with Crippen molar-refractivity contribution in [1.29, 1.82) is 0 Å². The summed E-state index contributed by atoms with van der Waals surface area (Å²) in [5.41, 5.74) is 1.29. The van der Waals surface area contributed by atoms with Crippen molar-refractivity contribution in [1.82, 2.24) is 9.97 Å². The van der Waals surface area contributed by atoms with E-state index in [0.29, 0.717) is 0 Å². The van der Waals surface area contributed by atoms with Gasteiger partial charge in [0.05, 0.1) is 12.6 Å². The summed E-state index contributed by atoms with van der Waals surface area (Å²) in [5, 5.41) is 13.7. The molecule has 0 spiro atoms. The van der Waals surface area contributed by atoms with E-state index in [1.807, 2.05) is 13.1 Å². The van der Waals surface area contributed by atoms with Gasteiger partial charge in [-0.05, 0) is 35.2 Å². The normalized spacial score (nSPS) is 18.2. The Kier molecular flexibility index (Phi) is 4.36. The number of hydrogen-bond acceptors (Lipinski definition) is 6. The molecule has 3 heterocycles. The van der Waals surface area contributed by atoms with Crippen LogP contribution in [-0.4, -0.2) is 41.3 Å². The minimum Gasteiger partial charge on any atom is -0.394 e. The number of hydrogen-bond donors (Lipinski definition) is 1. The van der Waals surface area contributed by atoms with Crippen LogP contribution in [0.25, 0.3) is 0 Å². The van der Waals surface area contributed by atoms with E-state index in [-0.39, 0.29) is 12.6 Å². The first kappa shape index (κ1) is 14.3. The van der Waals surface area contributed by atoms with E-state index in [0.717, 1.165) is 37.6 Å². The second-order valence-corrected chi connectivity index (χ2v) is 6.17. The van der Waals surface area contributed by atoms with Gasteiger partial charge in [-0.25, -0.2) is 9.97 Å². The number of nitrogens with zero attached hydrogens (tertiary/aromatic N) is 4. The Balaban J connectivity index is 1.76. The fraction of sp³-hybridized carbons (Fsp3) is 0.467. The van der Waals surface area contributed by atoms with Crippen molar-refractivity contribution in [2.45, 2.75) is 25.4 Å². The summed E-state index contributed by atoms with van der Waals surface area (Å²) in [6.07, 6.45) is 3.75. The third-order valence-corrected chi connectivity index (χ3v) is 4.64. The van der Waals surface area contributed by atoms with Gasteiger partial charge in [0.25, 0.3) is 0 Å². The quantitative estimate of drug-likeness (QED) is 0.917. The summed E-state index contributed by atoms with van der Waals surface area (Å²) in [6, 6.07) is 4.33. The minimum absolute atomic E-state index is 0.185. The van der Waals surface area contributed by atoms with Crippen molar-refractivity contribution in [3.05, 3.63) is 34.8 Å². The van der Waals surface area contributed by atoms with Gasteiger partial charge >= 0.3 is 0 Å². The van der Waals surface area contributed by atoms with E-state index in [1.54, 1.807) is 17.7 Å². The van der Waals surface area contributed by atoms with Crippen molar-refractivity contribution in [2.75, 3.05) is 30.0 Å². The second-order valence-electron chi connectivity index (χ2n) is 5.39. The zero-order valence-electron chi connectivity index (χ0n) is 12.1. The monoisotopic (exact) mass is 304 g/mol. The Morgan fingerprint density at radius 2 is 2.38 bits per heavy atom. The van der Waals surface area contributed by atoms with Crippen LogP contribution in [0, 0.1) is 0 Å². The molecule has 0 aromatic carbocycles. The Morgan fingerprint density at radius 3 is 3.14 bits per heavy atom. The van der Waals surface area contributed by atoms with Crippen molar-refractivity contribution < 1.29 is 5.11 Å². The first-order valence-electron chi connectivity index (χ1n) is 7.19. The van der Waals surface area contributed by atoms with E-state index in [2.05, 4.69) is 36.6 Å². The number of anilines is 2. The summed E-state index contributed by atoms with van der Waals surface area (Å²) >= 11 is 1.71. The van der Waals surface area contributed by atoms with Crippen LogP contribution in [-0.2, 0) is 6.54 Å². The van der Waals surface area contributed by atoms with Gasteiger partial charge < -0.3 is 14.9 Å². The maximum atomic E-state index is 9.45. The third-order valence-electron chi connectivity index (χ3n) is 3.91. The van der Waals surface area contributed by atoms with Gasteiger partial charge in [-0.1, -0.05) is 0 Å². The first-order chi connectivity index (χ1) is 10.3. The van der Waals surface area contributed by atoms with Gasteiger partial charge in [0, 0.05) is 26.2 Å². The molecule has 1 fully saturated rings. The summed E-state index contributed by atoms with van der Waals surface area (Å²) < 4.78 is 0. The van der Waals surface area contributed by atoms with Crippen LogP contribution in [0.3, 0.4) is 0 Å². The molecule has 2 aromatic heterocycles. The van der Waals surface area contributed by atoms with Crippen molar-refractivity contribution in [2.24, 2.45) is 0 Å². The molecule has 0 unspecified atom stereocenters. The van der Waals surface area contributed by atoms with E-state index < -0.39 is 0 Å². The molecule has 2 aromatic rings. The SMILES string of the molecule is CN(Cc1ccsc1)c1cc(N2CCC[C@H]2CO)ncn1. The van der Waals surface area contributed by atoms with Crippen LogP contribution in [0.5, 0.6) is 0 Å². The molecule has 1 saturated heterocycles. The van der Waals surface area contributed by atoms with E-state index in [9.17, 15) is 5.11 Å². The molecule has 0 bridgehead atoms. The van der Waals surface area contributed by atoms with Gasteiger partial charge in [-0.15, -0.1) is 0 Å². The molecule has 1 aliphatic rings. The Hall–Kier alpha value is -1.66. The van der Waals surface area contributed by atoms with Gasteiger partial charge in [0.15, 0.2) is 0 Å². The number of aliphatic hydroxyl groups is 1. The second kappa shape index (κ2) is 6.41. The van der Waals surface area contributed by atoms with E-state index in [4.69, 9.17) is 0 Å². The molecule has 6 heteroatoms. The lowest BCUT2D eigenvalue weighted by atomic mass is 10.2. The highest BCUT2D eigenvalue weighted by Crippen LogP contribution is 2.25. The lowest BCUT2D eigenvalue weighted by Crippen LogP contribution is -2.33. The molecule has 1 atom stereocenters. The van der Waals surface area contributed by atoms with Crippen molar-refractivity contribution in [3.8, 4) is 0 Å². The number of thiophene rings is 1. The molecular formula is C15H20N4OS. The van der Waals surface area contributed by atoms with Crippen molar-refractivity contribution in [3.63, 3.8) is 0 Å². The molecule has 0 saturated carbocycles. The summed E-state index contributed by atoms with van der Waals surface area (Å²) in [4.78, 5) is 13.1. The predicted octanol–water partition coefficient (Wildman–Crippen LogP) is 2.14. The zero-order chi connectivity index (χ0) is 14.7. The van der Waals surface area contributed by atoms with Crippen LogP contribution in [0.2, 0.25) is 0 Å². The summed E-state index contributed by atoms with van der Waals surface area (Å²) in [5.74, 6) is 1.82. The molecular weight excluding hydrogens is 284 g/mol. The van der Waals surface area contributed by atoms with Crippen LogP contribution in [0.15, 0.2) is 29.2 Å². The lowest BCUT2D eigenvalue weighted by Gasteiger charge is -2.25. The number of aliphatic hydroxyl groups excluding tert-OH is 1. The summed E-state index contributed by atoms with van der Waals surface area (Å²) in [7, 11) is 2.04. The average molecular weight is 304 g/mol. The van der Waals surface area contributed by atoms with Gasteiger partial charge in [-0.2, -0.15) is 11.3 Å². The van der Waals surface area contributed by atoms with E-state index >= 15 is 0 Å². The van der Waals surface area contributed by atoms with Gasteiger partial charge in [0.1, 0.15) is 18.0 Å². The van der Waals surface area contributed by atoms with Crippen molar-refractivity contribution >= 4 is 23.0 Å². The maximum Gasteiger partial charge on any atom is 0.134 e. The fourth-order valence-corrected chi connectivity index (χ4v) is 3.43. The molecule has 112 valence electrons. The highest BCUT2D eigenvalue weighted by atomic mass is 32.1. The molecule has 1 N–H and O–H groups in total. The van der Waals surface area contributed by atoms with Gasteiger partial charge in [0.2, 0.25) is 0 Å². The largest absolute Gasteiger partial charge is 0.394 e. The van der Waals surface area contributed by atoms with Crippen LogP contribution >= 0.6 is 11.3 Å². The van der Waals surface area contributed by atoms with Gasteiger partial charge in [-0.3, -0.25) is 0 Å². The van der Waals surface area contributed by atoms with Crippen LogP contribution in [0.4, 0.5) is 11.6 Å². The van der Waals surface area contributed by atoms with Crippen LogP contribution in [0.1, 0.15) is 18.4 Å². The maximum absolute atomic E-state index is 9.45. The van der Waals surface area contributed by atoms with E-state index in [1.165, 1.54) is 5.56 Å². The molecule has 3 rings (SSSR count). The van der Waals surface area contributed by atoms with Crippen LogP contribution < -0.4 is 9.80 Å². The number of rotatable bonds is 5. The first-order valence-corrected chi connectivity index (χ1v) is 8.14. The minimum atomic E-state index is 0.185. The molecule has 0 amide bonds. The summed E-state index contributed by atoms with van der Waals surface area (Å²) in [6.45, 7) is 1.98. The third kappa shape index (κ3) is 3.16. The molecule has 0 radical (unpaired) electrons. The standard InChI is InChI=1S/C15H20N4OS/c1-18(8-12-4-6-21-10-12)14-7-15(17-11-16-14)19-5-2-3-13(19)9-20/h4,6-7,10-11,13,20H,2-3,5,8-9H2,1H3/t13-/m0/s1. The lowest BCUT2D eigenvalue weighted by molar-refractivity contribution is 0.266. The molecule has 21 heavy (non-hydrogen) atoms. The Labute approximate surface area is 128 Å². The predicted molar refractivity (Wildman–Crippen MR) is 85.9 cm³/mol. The average Bonchev–Trinajstić information content (AvgIpc) is 3.18. The number of aromatic nitrogens is 2. The highest BCUT2D eigenvalue weighted by Gasteiger charge is 2.25. The Bertz CT molecular complexity index is 575. The Morgan fingerprint density at radius 1 is 1.48 bits per heavy atom. The molecule has 5 nitrogen and oxygen atoms in total. The molecule has 1 aliphatic heterocycles. The highest BCUT2D eigenvalue weighted by molar-refractivity contribution is 7.07. The fourth-order valence-electron chi connectivity index (χ4n) is 2.77. The smallest absolute Gasteiger partial charge is 0.134 e. The topological polar surface area (TPSA) is 52.5 Å². The molecule has 0 aliphatic carbocycles.